The van der Waals surface area contributed by atoms with E-state index in [4.69, 9.17) is 9.47 Å². The van der Waals surface area contributed by atoms with Gasteiger partial charge in [-0.1, -0.05) is 0 Å². The first-order chi connectivity index (χ1) is 13.1. The van der Waals surface area contributed by atoms with Gasteiger partial charge in [-0.15, -0.1) is 0 Å². The molecule has 1 saturated heterocycles. The predicted molar refractivity (Wildman–Crippen MR) is 102 cm³/mol. The molecule has 0 aromatic heterocycles. The molecule has 1 fully saturated rings. The summed E-state index contributed by atoms with van der Waals surface area (Å²) in [5.41, 5.74) is 1.68. The summed E-state index contributed by atoms with van der Waals surface area (Å²) >= 11 is 0. The Labute approximate surface area is 156 Å². The number of methoxy groups -OCH3 is 1. The molecule has 0 bridgehead atoms. The van der Waals surface area contributed by atoms with Crippen LogP contribution in [0.5, 0.6) is 11.5 Å². The average Bonchev–Trinajstić information content (AvgIpc) is 3.21. The molecule has 1 heterocycles. The molecule has 8 heteroatoms. The van der Waals surface area contributed by atoms with E-state index < -0.39 is 4.92 Å². The van der Waals surface area contributed by atoms with Gasteiger partial charge in [-0.3, -0.25) is 14.9 Å². The molecule has 8 nitrogen and oxygen atoms in total. The van der Waals surface area contributed by atoms with Gasteiger partial charge in [0.25, 0.3) is 5.91 Å². The second-order valence-electron chi connectivity index (χ2n) is 6.17. The van der Waals surface area contributed by atoms with Crippen LogP contribution in [0.25, 0.3) is 0 Å². The Bertz CT molecular complexity index is 817. The molecule has 0 aliphatic carbocycles. The number of nitro groups is 1. The quantitative estimate of drug-likeness (QED) is 0.593. The molecule has 0 radical (unpaired) electrons. The van der Waals surface area contributed by atoms with Gasteiger partial charge < -0.3 is 19.7 Å². The molecule has 2 aromatic rings. The van der Waals surface area contributed by atoms with E-state index in [1.807, 2.05) is 24.3 Å². The first-order valence-corrected chi connectivity index (χ1v) is 8.67. The van der Waals surface area contributed by atoms with E-state index >= 15 is 0 Å². The molecule has 2 aromatic carbocycles. The Morgan fingerprint density at radius 1 is 1.19 bits per heavy atom. The Morgan fingerprint density at radius 3 is 2.52 bits per heavy atom. The molecule has 0 unspecified atom stereocenters. The Kier molecular flexibility index (Phi) is 5.75. The number of nitrogens with one attached hydrogen (secondary N) is 1. The van der Waals surface area contributed by atoms with Crippen molar-refractivity contribution in [3.05, 3.63) is 52.6 Å². The third kappa shape index (κ3) is 4.66. The summed E-state index contributed by atoms with van der Waals surface area (Å²) in [6.45, 7) is 1.92. The zero-order chi connectivity index (χ0) is 19.2. The van der Waals surface area contributed by atoms with E-state index in [0.717, 1.165) is 18.8 Å². The maximum absolute atomic E-state index is 12.1. The van der Waals surface area contributed by atoms with E-state index in [9.17, 15) is 14.9 Å². The van der Waals surface area contributed by atoms with Crippen LogP contribution in [0.1, 0.15) is 12.8 Å². The Morgan fingerprint density at radius 2 is 1.89 bits per heavy atom. The zero-order valence-corrected chi connectivity index (χ0v) is 15.0. The van der Waals surface area contributed by atoms with E-state index in [0.29, 0.717) is 11.4 Å². The molecule has 142 valence electrons. The van der Waals surface area contributed by atoms with Crippen molar-refractivity contribution in [1.82, 2.24) is 0 Å². The van der Waals surface area contributed by atoms with Crippen LogP contribution in [0.2, 0.25) is 0 Å². The highest BCUT2D eigenvalue weighted by atomic mass is 16.6. The highest BCUT2D eigenvalue weighted by molar-refractivity contribution is 5.92. The Hall–Kier alpha value is -3.29. The number of rotatable bonds is 7. The summed E-state index contributed by atoms with van der Waals surface area (Å²) in [5, 5.41) is 13.7. The van der Waals surface area contributed by atoms with Crippen LogP contribution in [0.3, 0.4) is 0 Å². The number of carbonyl (C=O) groups is 1. The Balaban J connectivity index is 1.54. The molecule has 0 atom stereocenters. The maximum Gasteiger partial charge on any atom is 0.311 e. The molecule has 1 aliphatic heterocycles. The lowest BCUT2D eigenvalue weighted by atomic mass is 10.2. The number of anilines is 2. The van der Waals surface area contributed by atoms with Crippen LogP contribution in [0, 0.1) is 10.1 Å². The SMILES string of the molecule is COc1cc(OCC(=O)Nc2ccc(N3CCCC3)cc2)ccc1[N+](=O)[O-]. The van der Waals surface area contributed by atoms with Crippen molar-refractivity contribution < 1.29 is 19.2 Å². The maximum atomic E-state index is 12.1. The van der Waals surface area contributed by atoms with Crippen LogP contribution < -0.4 is 19.7 Å². The van der Waals surface area contributed by atoms with Crippen LogP contribution in [-0.4, -0.2) is 37.6 Å². The number of hydrogen-bond donors (Lipinski definition) is 1. The summed E-state index contributed by atoms with van der Waals surface area (Å²) in [5.74, 6) is 0.0774. The van der Waals surface area contributed by atoms with Crippen molar-refractivity contribution in [1.29, 1.82) is 0 Å². The molecular weight excluding hydrogens is 350 g/mol. The summed E-state index contributed by atoms with van der Waals surface area (Å²) in [6, 6.07) is 11.8. The largest absolute Gasteiger partial charge is 0.490 e. The fraction of sp³-hybridized carbons (Fsp3) is 0.316. The van der Waals surface area contributed by atoms with Gasteiger partial charge in [-0.05, 0) is 43.2 Å². The van der Waals surface area contributed by atoms with Crippen LogP contribution in [-0.2, 0) is 4.79 Å². The molecule has 27 heavy (non-hydrogen) atoms. The van der Waals surface area contributed by atoms with Gasteiger partial charge in [0.05, 0.1) is 12.0 Å². The van der Waals surface area contributed by atoms with E-state index in [2.05, 4.69) is 10.2 Å². The topological polar surface area (TPSA) is 93.9 Å². The second kappa shape index (κ2) is 8.39. The first-order valence-electron chi connectivity index (χ1n) is 8.67. The summed E-state index contributed by atoms with van der Waals surface area (Å²) < 4.78 is 10.4. The van der Waals surface area contributed by atoms with Crippen molar-refractivity contribution in [3.63, 3.8) is 0 Å². The lowest BCUT2D eigenvalue weighted by Crippen LogP contribution is -2.20. The summed E-state index contributed by atoms with van der Waals surface area (Å²) in [7, 11) is 1.34. The number of hydrogen-bond acceptors (Lipinski definition) is 6. The van der Waals surface area contributed by atoms with E-state index in [1.165, 1.54) is 38.2 Å². The lowest BCUT2D eigenvalue weighted by molar-refractivity contribution is -0.385. The third-order valence-corrected chi connectivity index (χ3v) is 4.34. The van der Waals surface area contributed by atoms with Gasteiger partial charge >= 0.3 is 5.69 Å². The van der Waals surface area contributed by atoms with Crippen molar-refractivity contribution >= 4 is 23.0 Å². The zero-order valence-electron chi connectivity index (χ0n) is 15.0. The van der Waals surface area contributed by atoms with E-state index in [-0.39, 0.29) is 24.0 Å². The van der Waals surface area contributed by atoms with Gasteiger partial charge in [0.15, 0.2) is 6.61 Å². The molecule has 0 spiro atoms. The van der Waals surface area contributed by atoms with Crippen molar-refractivity contribution in [2.24, 2.45) is 0 Å². The highest BCUT2D eigenvalue weighted by Gasteiger charge is 2.16. The number of amides is 1. The second-order valence-corrected chi connectivity index (χ2v) is 6.17. The molecule has 3 rings (SSSR count). The molecule has 1 amide bonds. The highest BCUT2D eigenvalue weighted by Crippen LogP contribution is 2.30. The van der Waals surface area contributed by atoms with Gasteiger partial charge in [-0.25, -0.2) is 0 Å². The third-order valence-electron chi connectivity index (χ3n) is 4.34. The van der Waals surface area contributed by atoms with Gasteiger partial charge in [0, 0.05) is 36.6 Å². The van der Waals surface area contributed by atoms with E-state index in [1.54, 1.807) is 0 Å². The molecule has 1 N–H and O–H groups in total. The van der Waals surface area contributed by atoms with Crippen LogP contribution in [0.15, 0.2) is 42.5 Å². The lowest BCUT2D eigenvalue weighted by Gasteiger charge is -2.17. The van der Waals surface area contributed by atoms with Crippen molar-refractivity contribution in [2.45, 2.75) is 12.8 Å². The minimum absolute atomic E-state index is 0.0791. The number of benzene rings is 2. The average molecular weight is 371 g/mol. The first kappa shape index (κ1) is 18.5. The van der Waals surface area contributed by atoms with Crippen LogP contribution in [0.4, 0.5) is 17.1 Å². The number of nitro benzene ring substituents is 1. The van der Waals surface area contributed by atoms with Crippen molar-refractivity contribution in [3.8, 4) is 11.5 Å². The van der Waals surface area contributed by atoms with Gasteiger partial charge in [-0.2, -0.15) is 0 Å². The number of nitrogens with zero attached hydrogens (tertiary/aromatic N) is 2. The van der Waals surface area contributed by atoms with Gasteiger partial charge in [0.1, 0.15) is 5.75 Å². The fourth-order valence-electron chi connectivity index (χ4n) is 2.98. The smallest absolute Gasteiger partial charge is 0.311 e. The molecule has 0 saturated carbocycles. The minimum atomic E-state index is -0.541. The standard InChI is InChI=1S/C19H21N3O5/c1-26-18-12-16(8-9-17(18)22(24)25)27-13-19(23)20-14-4-6-15(7-5-14)21-10-2-3-11-21/h4-9,12H,2-3,10-11,13H2,1H3,(H,20,23). The number of carbonyl (C=O) groups excluding carboxylic acids is 1. The fourth-order valence-corrected chi connectivity index (χ4v) is 2.98. The normalized spacial score (nSPS) is 13.3. The van der Waals surface area contributed by atoms with Crippen LogP contribution >= 0.6 is 0 Å². The molecule has 1 aliphatic rings. The minimum Gasteiger partial charge on any atom is -0.490 e. The van der Waals surface area contributed by atoms with Crippen molar-refractivity contribution in [2.75, 3.05) is 37.0 Å². The monoisotopic (exact) mass is 371 g/mol. The predicted octanol–water partition coefficient (Wildman–Crippen LogP) is 3.22. The summed E-state index contributed by atoms with van der Waals surface area (Å²) in [4.78, 5) is 24.7. The summed E-state index contributed by atoms with van der Waals surface area (Å²) in [6.07, 6.45) is 2.42. The number of ether oxygens (including phenoxy) is 2. The van der Waals surface area contributed by atoms with Gasteiger partial charge in [0.2, 0.25) is 5.75 Å². The molecular formula is C19H21N3O5.